The maximum absolute atomic E-state index is 12.4. The average Bonchev–Trinajstić information content (AvgIpc) is 2.94. The molecule has 2 N–H and O–H groups in total. The van der Waals surface area contributed by atoms with E-state index < -0.39 is 0 Å². The summed E-state index contributed by atoms with van der Waals surface area (Å²) >= 11 is 0. The predicted octanol–water partition coefficient (Wildman–Crippen LogP) is 1.70. The SMILES string of the molecule is Cc1c(C(=O)N2CC[C@@H](N)C2)oc2c1C(=O)CCC2.Cl. The van der Waals surface area contributed by atoms with Crippen LogP contribution in [0, 0.1) is 6.92 Å². The van der Waals surface area contributed by atoms with Crippen LogP contribution in [0.3, 0.4) is 0 Å². The van der Waals surface area contributed by atoms with E-state index in [1.807, 2.05) is 0 Å². The number of fused-ring (bicyclic) bond motifs is 1. The molecule has 0 radical (unpaired) electrons. The molecule has 0 unspecified atom stereocenters. The maximum Gasteiger partial charge on any atom is 0.289 e. The quantitative estimate of drug-likeness (QED) is 0.856. The molecule has 5 nitrogen and oxygen atoms in total. The number of aryl methyl sites for hydroxylation is 1. The van der Waals surface area contributed by atoms with Crippen molar-refractivity contribution < 1.29 is 14.0 Å². The van der Waals surface area contributed by atoms with Gasteiger partial charge in [-0.25, -0.2) is 0 Å². The number of nitrogens with zero attached hydrogens (tertiary/aromatic N) is 1. The lowest BCUT2D eigenvalue weighted by Crippen LogP contribution is -2.32. The van der Waals surface area contributed by atoms with Gasteiger partial charge >= 0.3 is 0 Å². The molecule has 3 rings (SSSR count). The first-order valence-electron chi connectivity index (χ1n) is 6.78. The molecule has 1 aliphatic carbocycles. The molecule has 6 heteroatoms. The number of hydrogen-bond donors (Lipinski definition) is 1. The second-order valence-electron chi connectivity index (χ2n) is 5.43. The van der Waals surface area contributed by atoms with Crippen molar-refractivity contribution in [3.8, 4) is 0 Å². The highest BCUT2D eigenvalue weighted by atomic mass is 35.5. The third-order valence-electron chi connectivity index (χ3n) is 4.01. The zero-order valence-corrected chi connectivity index (χ0v) is 12.3. The molecule has 20 heavy (non-hydrogen) atoms. The van der Waals surface area contributed by atoms with Crippen LogP contribution in [0.4, 0.5) is 0 Å². The number of furan rings is 1. The standard InChI is InChI=1S/C14H18N2O3.ClH/c1-8-12-10(17)3-2-4-11(12)19-13(8)14(18)16-6-5-9(15)7-16;/h9H,2-7,15H2,1H3;1H/t9-;/m1./s1. The van der Waals surface area contributed by atoms with E-state index in [9.17, 15) is 9.59 Å². The van der Waals surface area contributed by atoms with Gasteiger partial charge in [0.05, 0.1) is 5.56 Å². The Balaban J connectivity index is 0.00000147. The van der Waals surface area contributed by atoms with E-state index in [0.717, 1.165) is 19.3 Å². The monoisotopic (exact) mass is 298 g/mol. The molecule has 0 bridgehead atoms. The topological polar surface area (TPSA) is 76.5 Å². The van der Waals surface area contributed by atoms with Crippen LogP contribution in [0.2, 0.25) is 0 Å². The summed E-state index contributed by atoms with van der Waals surface area (Å²) < 4.78 is 5.66. The maximum atomic E-state index is 12.4. The van der Waals surface area contributed by atoms with Gasteiger partial charge in [-0.3, -0.25) is 9.59 Å². The molecule has 2 aliphatic rings. The van der Waals surface area contributed by atoms with Gasteiger partial charge in [0.2, 0.25) is 0 Å². The van der Waals surface area contributed by atoms with Crippen molar-refractivity contribution in [2.24, 2.45) is 5.73 Å². The second kappa shape index (κ2) is 5.58. The molecule has 1 saturated heterocycles. The minimum Gasteiger partial charge on any atom is -0.455 e. The average molecular weight is 299 g/mol. The zero-order valence-electron chi connectivity index (χ0n) is 11.5. The highest BCUT2D eigenvalue weighted by Gasteiger charge is 2.32. The number of likely N-dealkylation sites (tertiary alicyclic amines) is 1. The Morgan fingerprint density at radius 1 is 1.40 bits per heavy atom. The summed E-state index contributed by atoms with van der Waals surface area (Å²) in [6, 6.07) is 0.0514. The Labute approximate surface area is 123 Å². The number of rotatable bonds is 1. The van der Waals surface area contributed by atoms with Crippen molar-refractivity contribution in [2.75, 3.05) is 13.1 Å². The van der Waals surface area contributed by atoms with Crippen molar-refractivity contribution >= 4 is 24.1 Å². The fraction of sp³-hybridized carbons (Fsp3) is 0.571. The van der Waals surface area contributed by atoms with E-state index in [1.54, 1.807) is 11.8 Å². The largest absolute Gasteiger partial charge is 0.455 e. The first kappa shape index (κ1) is 15.1. The van der Waals surface area contributed by atoms with Crippen molar-refractivity contribution in [1.29, 1.82) is 0 Å². The number of ketones is 1. The molecule has 1 aromatic heterocycles. The van der Waals surface area contributed by atoms with Gasteiger partial charge < -0.3 is 15.1 Å². The Morgan fingerprint density at radius 2 is 2.15 bits per heavy atom. The van der Waals surface area contributed by atoms with E-state index >= 15 is 0 Å². The van der Waals surface area contributed by atoms with Gasteiger partial charge in [-0.2, -0.15) is 0 Å². The summed E-state index contributed by atoms with van der Waals surface area (Å²) in [6.45, 7) is 3.03. The van der Waals surface area contributed by atoms with E-state index in [1.165, 1.54) is 0 Å². The number of hydrogen-bond acceptors (Lipinski definition) is 4. The van der Waals surface area contributed by atoms with Gasteiger partial charge in [0.1, 0.15) is 5.76 Å². The number of carbonyl (C=O) groups is 2. The minimum atomic E-state index is -0.132. The summed E-state index contributed by atoms with van der Waals surface area (Å²) in [4.78, 5) is 26.0. The van der Waals surface area contributed by atoms with E-state index in [4.69, 9.17) is 10.2 Å². The first-order valence-corrected chi connectivity index (χ1v) is 6.78. The Bertz CT molecular complexity index is 553. The molecule has 1 aliphatic heterocycles. The van der Waals surface area contributed by atoms with Gasteiger partial charge in [-0.1, -0.05) is 0 Å². The predicted molar refractivity (Wildman–Crippen MR) is 76.5 cm³/mol. The smallest absolute Gasteiger partial charge is 0.289 e. The van der Waals surface area contributed by atoms with Crippen LogP contribution in [-0.2, 0) is 6.42 Å². The number of Topliss-reactive ketones (excluding diaryl/α,β-unsaturated/α-hetero) is 1. The summed E-state index contributed by atoms with van der Waals surface area (Å²) in [6.07, 6.45) is 2.93. The lowest BCUT2D eigenvalue weighted by Gasteiger charge is -2.14. The normalized spacial score (nSPS) is 21.6. The minimum absolute atomic E-state index is 0. The second-order valence-corrected chi connectivity index (χ2v) is 5.43. The molecule has 1 atom stereocenters. The third-order valence-corrected chi connectivity index (χ3v) is 4.01. The summed E-state index contributed by atoms with van der Waals surface area (Å²) in [7, 11) is 0. The third kappa shape index (κ3) is 2.36. The van der Waals surface area contributed by atoms with Gasteiger partial charge in [-0.05, 0) is 19.8 Å². The molecule has 0 spiro atoms. The molecule has 1 amide bonds. The van der Waals surface area contributed by atoms with E-state index in [-0.39, 0.29) is 30.1 Å². The van der Waals surface area contributed by atoms with E-state index in [0.29, 0.717) is 42.2 Å². The fourth-order valence-corrected chi connectivity index (χ4v) is 2.97. The van der Waals surface area contributed by atoms with Crippen LogP contribution in [0.25, 0.3) is 0 Å². The summed E-state index contributed by atoms with van der Waals surface area (Å²) in [5, 5.41) is 0. The highest BCUT2D eigenvalue weighted by molar-refractivity contribution is 6.03. The molecule has 110 valence electrons. The highest BCUT2D eigenvalue weighted by Crippen LogP contribution is 2.30. The van der Waals surface area contributed by atoms with Crippen molar-refractivity contribution in [1.82, 2.24) is 4.90 Å². The number of amides is 1. The molecule has 1 fully saturated rings. The first-order chi connectivity index (χ1) is 9.08. The number of carbonyl (C=O) groups excluding carboxylic acids is 2. The Kier molecular flexibility index (Phi) is 4.20. The lowest BCUT2D eigenvalue weighted by atomic mass is 9.94. The van der Waals surface area contributed by atoms with Crippen molar-refractivity contribution in [3.63, 3.8) is 0 Å². The Hall–Kier alpha value is -1.33. The molecular weight excluding hydrogens is 280 g/mol. The van der Waals surface area contributed by atoms with Crippen molar-refractivity contribution in [2.45, 2.75) is 38.6 Å². The van der Waals surface area contributed by atoms with E-state index in [2.05, 4.69) is 0 Å². The van der Waals surface area contributed by atoms with Crippen molar-refractivity contribution in [3.05, 3.63) is 22.6 Å². The molecule has 1 aromatic rings. The van der Waals surface area contributed by atoms with Crippen LogP contribution in [0.1, 0.15) is 51.5 Å². The molecular formula is C14H19ClN2O3. The summed E-state index contributed by atoms with van der Waals surface area (Å²) in [5.41, 5.74) is 7.16. The Morgan fingerprint density at radius 3 is 2.75 bits per heavy atom. The molecule has 0 saturated carbocycles. The van der Waals surface area contributed by atoms with Crippen LogP contribution in [0.15, 0.2) is 4.42 Å². The molecule has 0 aromatic carbocycles. The lowest BCUT2D eigenvalue weighted by molar-refractivity contribution is 0.0755. The number of halogens is 1. The van der Waals surface area contributed by atoms with Gasteiger partial charge in [0.25, 0.3) is 5.91 Å². The molecule has 2 heterocycles. The van der Waals surface area contributed by atoms with Gasteiger partial charge in [-0.15, -0.1) is 12.4 Å². The number of nitrogens with two attached hydrogens (primary N) is 1. The van der Waals surface area contributed by atoms with Gasteiger partial charge in [0, 0.05) is 37.5 Å². The van der Waals surface area contributed by atoms with Crippen LogP contribution >= 0.6 is 12.4 Å². The van der Waals surface area contributed by atoms with Crippen LogP contribution in [0.5, 0.6) is 0 Å². The zero-order chi connectivity index (χ0) is 13.6. The van der Waals surface area contributed by atoms with Gasteiger partial charge in [0.15, 0.2) is 11.5 Å². The van der Waals surface area contributed by atoms with Crippen LogP contribution in [-0.4, -0.2) is 35.7 Å². The fourth-order valence-electron chi connectivity index (χ4n) is 2.97. The summed E-state index contributed by atoms with van der Waals surface area (Å²) in [5.74, 6) is 0.974. The van der Waals surface area contributed by atoms with Crippen LogP contribution < -0.4 is 5.73 Å².